The fourth-order valence-corrected chi connectivity index (χ4v) is 2.95. The van der Waals surface area contributed by atoms with Gasteiger partial charge in [0.25, 0.3) is 0 Å². The van der Waals surface area contributed by atoms with Crippen LogP contribution in [0.5, 0.6) is 0 Å². The molecule has 0 unspecified atom stereocenters. The fraction of sp³-hybridized carbons (Fsp3) is 0.263. The van der Waals surface area contributed by atoms with Crippen LogP contribution in [-0.4, -0.2) is 46.9 Å². The molecule has 1 saturated heterocycles. The van der Waals surface area contributed by atoms with Crippen molar-refractivity contribution < 1.29 is 4.79 Å². The first kappa shape index (κ1) is 16.7. The van der Waals surface area contributed by atoms with Crippen LogP contribution in [0.2, 0.25) is 5.02 Å². The molecular weight excluding hydrogens is 322 g/mol. The van der Waals surface area contributed by atoms with Gasteiger partial charge in [0.1, 0.15) is 0 Å². The molecule has 1 fully saturated rings. The highest BCUT2D eigenvalue weighted by molar-refractivity contribution is 6.30. The molecule has 2 aromatic rings. The monoisotopic (exact) mass is 341 g/mol. The Labute approximate surface area is 147 Å². The Morgan fingerprint density at radius 3 is 2.58 bits per heavy atom. The van der Waals surface area contributed by atoms with Gasteiger partial charge in [0, 0.05) is 56.2 Å². The minimum Gasteiger partial charge on any atom is -0.337 e. The number of hydrogen-bond acceptors (Lipinski definition) is 3. The van der Waals surface area contributed by atoms with Crippen molar-refractivity contribution in [3.05, 3.63) is 71.0 Å². The lowest BCUT2D eigenvalue weighted by atomic mass is 10.2. The normalized spacial score (nSPS) is 15.8. The number of benzene rings is 1. The van der Waals surface area contributed by atoms with Crippen LogP contribution < -0.4 is 0 Å². The fourth-order valence-electron chi connectivity index (χ4n) is 2.76. The van der Waals surface area contributed by atoms with E-state index in [1.54, 1.807) is 6.08 Å². The molecule has 2 heterocycles. The maximum Gasteiger partial charge on any atom is 0.246 e. The standard InChI is InChI=1S/C19H20ClN3O/c20-18-3-1-2-16(14-18)4-5-19(24)23-12-10-22(11-13-23)15-17-6-8-21-9-7-17/h1-9,14H,10-13,15H2/b5-4+. The molecule has 0 radical (unpaired) electrons. The quantitative estimate of drug-likeness (QED) is 0.802. The van der Waals surface area contributed by atoms with E-state index in [-0.39, 0.29) is 5.91 Å². The van der Waals surface area contributed by atoms with Gasteiger partial charge in [-0.15, -0.1) is 0 Å². The van der Waals surface area contributed by atoms with Crippen LogP contribution in [0.4, 0.5) is 0 Å². The summed E-state index contributed by atoms with van der Waals surface area (Å²) >= 11 is 5.95. The lowest BCUT2D eigenvalue weighted by Crippen LogP contribution is -2.47. The molecule has 24 heavy (non-hydrogen) atoms. The molecule has 4 nitrogen and oxygen atoms in total. The summed E-state index contributed by atoms with van der Waals surface area (Å²) in [5.41, 5.74) is 2.19. The number of rotatable bonds is 4. The van der Waals surface area contributed by atoms with E-state index in [9.17, 15) is 4.79 Å². The zero-order valence-corrected chi connectivity index (χ0v) is 14.2. The molecule has 0 atom stereocenters. The molecular formula is C19H20ClN3O. The molecule has 124 valence electrons. The van der Waals surface area contributed by atoms with Gasteiger partial charge in [-0.1, -0.05) is 23.7 Å². The highest BCUT2D eigenvalue weighted by Crippen LogP contribution is 2.13. The summed E-state index contributed by atoms with van der Waals surface area (Å²) in [7, 11) is 0. The summed E-state index contributed by atoms with van der Waals surface area (Å²) in [5, 5.41) is 0.675. The number of aromatic nitrogens is 1. The van der Waals surface area contributed by atoms with E-state index in [1.165, 1.54) is 5.56 Å². The molecule has 1 aliphatic rings. The van der Waals surface area contributed by atoms with Gasteiger partial charge in [0.2, 0.25) is 5.91 Å². The van der Waals surface area contributed by atoms with Crippen LogP contribution in [0.3, 0.4) is 0 Å². The first-order chi connectivity index (χ1) is 11.7. The smallest absolute Gasteiger partial charge is 0.246 e. The van der Waals surface area contributed by atoms with Gasteiger partial charge in [-0.2, -0.15) is 0 Å². The minimum absolute atomic E-state index is 0.0542. The van der Waals surface area contributed by atoms with E-state index in [2.05, 4.69) is 9.88 Å². The number of carbonyl (C=O) groups is 1. The molecule has 0 bridgehead atoms. The van der Waals surface area contributed by atoms with Gasteiger partial charge < -0.3 is 4.90 Å². The summed E-state index contributed by atoms with van der Waals surface area (Å²) in [6.45, 7) is 4.19. The van der Waals surface area contributed by atoms with Crippen molar-refractivity contribution in [1.82, 2.24) is 14.8 Å². The van der Waals surface area contributed by atoms with Gasteiger partial charge in [-0.3, -0.25) is 14.7 Å². The van der Waals surface area contributed by atoms with Gasteiger partial charge >= 0.3 is 0 Å². The third-order valence-electron chi connectivity index (χ3n) is 4.11. The minimum atomic E-state index is 0.0542. The van der Waals surface area contributed by atoms with Gasteiger partial charge in [0.15, 0.2) is 0 Å². The van der Waals surface area contributed by atoms with Gasteiger partial charge in [-0.05, 0) is 41.5 Å². The number of amides is 1. The Balaban J connectivity index is 1.50. The molecule has 1 aromatic carbocycles. The van der Waals surface area contributed by atoms with Crippen molar-refractivity contribution in [1.29, 1.82) is 0 Å². The predicted molar refractivity (Wildman–Crippen MR) is 96.6 cm³/mol. The van der Waals surface area contributed by atoms with E-state index in [1.807, 2.05) is 59.8 Å². The van der Waals surface area contributed by atoms with E-state index >= 15 is 0 Å². The summed E-state index contributed by atoms with van der Waals surface area (Å²) in [6.07, 6.45) is 7.08. The molecule has 3 rings (SSSR count). The second kappa shape index (κ2) is 8.08. The number of nitrogens with zero attached hydrogens (tertiary/aromatic N) is 3. The van der Waals surface area contributed by atoms with Gasteiger partial charge in [-0.25, -0.2) is 0 Å². The highest BCUT2D eigenvalue weighted by Gasteiger charge is 2.19. The van der Waals surface area contributed by atoms with E-state index in [0.717, 1.165) is 38.3 Å². The van der Waals surface area contributed by atoms with Crippen molar-refractivity contribution >= 4 is 23.6 Å². The Morgan fingerprint density at radius 1 is 1.12 bits per heavy atom. The van der Waals surface area contributed by atoms with Gasteiger partial charge in [0.05, 0.1) is 0 Å². The Bertz CT molecular complexity index is 710. The van der Waals surface area contributed by atoms with E-state index in [4.69, 9.17) is 11.6 Å². The number of pyridine rings is 1. The summed E-state index contributed by atoms with van der Waals surface area (Å²) in [4.78, 5) is 20.6. The zero-order valence-electron chi connectivity index (χ0n) is 13.4. The molecule has 0 spiro atoms. The van der Waals surface area contributed by atoms with E-state index < -0.39 is 0 Å². The van der Waals surface area contributed by atoms with Crippen molar-refractivity contribution in [3.8, 4) is 0 Å². The second-order valence-electron chi connectivity index (χ2n) is 5.85. The summed E-state index contributed by atoms with van der Waals surface area (Å²) in [6, 6.07) is 11.5. The topological polar surface area (TPSA) is 36.4 Å². The summed E-state index contributed by atoms with van der Waals surface area (Å²) < 4.78 is 0. The Morgan fingerprint density at radius 2 is 1.88 bits per heavy atom. The van der Waals surface area contributed by atoms with E-state index in [0.29, 0.717) is 5.02 Å². The number of halogens is 1. The lowest BCUT2D eigenvalue weighted by molar-refractivity contribution is -0.127. The molecule has 0 saturated carbocycles. The number of piperazine rings is 1. The van der Waals surface area contributed by atoms with Crippen molar-refractivity contribution in [3.63, 3.8) is 0 Å². The van der Waals surface area contributed by atoms with Crippen molar-refractivity contribution in [2.45, 2.75) is 6.54 Å². The molecule has 1 aliphatic heterocycles. The van der Waals surface area contributed by atoms with Crippen LogP contribution >= 0.6 is 11.6 Å². The zero-order chi connectivity index (χ0) is 16.8. The Hall–Kier alpha value is -2.17. The molecule has 0 aliphatic carbocycles. The van der Waals surface area contributed by atoms with Crippen LogP contribution in [0.25, 0.3) is 6.08 Å². The number of hydrogen-bond donors (Lipinski definition) is 0. The molecule has 1 aromatic heterocycles. The number of carbonyl (C=O) groups excluding carboxylic acids is 1. The molecule has 5 heteroatoms. The van der Waals surface area contributed by atoms with Crippen molar-refractivity contribution in [2.75, 3.05) is 26.2 Å². The predicted octanol–water partition coefficient (Wildman–Crippen LogP) is 3.09. The second-order valence-corrected chi connectivity index (χ2v) is 6.28. The average Bonchev–Trinajstić information content (AvgIpc) is 2.61. The van der Waals surface area contributed by atoms with Crippen LogP contribution in [0.1, 0.15) is 11.1 Å². The third-order valence-corrected chi connectivity index (χ3v) is 4.34. The highest BCUT2D eigenvalue weighted by atomic mass is 35.5. The average molecular weight is 342 g/mol. The maximum absolute atomic E-state index is 12.3. The van der Waals surface area contributed by atoms with Crippen molar-refractivity contribution in [2.24, 2.45) is 0 Å². The first-order valence-corrected chi connectivity index (χ1v) is 8.42. The Kier molecular flexibility index (Phi) is 5.62. The largest absolute Gasteiger partial charge is 0.337 e. The molecule has 0 N–H and O–H groups in total. The van der Waals surface area contributed by atoms with Crippen LogP contribution in [0.15, 0.2) is 54.9 Å². The van der Waals surface area contributed by atoms with Crippen LogP contribution in [0, 0.1) is 0 Å². The maximum atomic E-state index is 12.3. The molecule has 1 amide bonds. The SMILES string of the molecule is O=C(/C=C/c1cccc(Cl)c1)N1CCN(Cc2ccncc2)CC1. The lowest BCUT2D eigenvalue weighted by Gasteiger charge is -2.34. The third kappa shape index (κ3) is 4.66. The van der Waals surface area contributed by atoms with Crippen LogP contribution in [-0.2, 0) is 11.3 Å². The summed E-state index contributed by atoms with van der Waals surface area (Å²) in [5.74, 6) is 0.0542. The first-order valence-electron chi connectivity index (χ1n) is 8.04.